The zero-order valence-corrected chi connectivity index (χ0v) is 12.8. The van der Waals surface area contributed by atoms with Crippen LogP contribution in [0.1, 0.15) is 11.3 Å². The van der Waals surface area contributed by atoms with Crippen LogP contribution in [0, 0.1) is 0 Å². The van der Waals surface area contributed by atoms with Gasteiger partial charge in [-0.15, -0.1) is 0 Å². The van der Waals surface area contributed by atoms with Gasteiger partial charge in [0.25, 0.3) is 0 Å². The molecule has 0 saturated carbocycles. The van der Waals surface area contributed by atoms with Gasteiger partial charge in [-0.1, -0.05) is 45.7 Å². The third-order valence-electron chi connectivity index (χ3n) is 2.57. The number of aromatic nitrogens is 1. The number of ether oxygens (including phenoxy) is 1. The Morgan fingerprint density at radius 3 is 2.79 bits per heavy atom. The largest absolute Gasteiger partial charge is 0.473 e. The van der Waals surface area contributed by atoms with Gasteiger partial charge >= 0.3 is 0 Å². The molecule has 0 amide bonds. The van der Waals surface area contributed by atoms with Crippen LogP contribution >= 0.6 is 27.5 Å². The lowest BCUT2D eigenvalue weighted by Crippen LogP contribution is -2.08. The molecule has 1 aromatic carbocycles. The predicted molar refractivity (Wildman–Crippen MR) is 80.5 cm³/mol. The van der Waals surface area contributed by atoms with Crippen LogP contribution in [-0.2, 0) is 13.2 Å². The molecule has 1 aromatic heterocycles. The lowest BCUT2D eigenvalue weighted by atomic mass is 10.2. The van der Waals surface area contributed by atoms with Gasteiger partial charge in [0, 0.05) is 22.6 Å². The van der Waals surface area contributed by atoms with Crippen LogP contribution in [0.2, 0.25) is 5.02 Å². The first-order valence-corrected chi connectivity index (χ1v) is 7.04. The predicted octanol–water partition coefficient (Wildman–Crippen LogP) is 3.80. The van der Waals surface area contributed by atoms with Crippen LogP contribution < -0.4 is 10.1 Å². The molecule has 0 atom stereocenters. The fraction of sp³-hybridized carbons (Fsp3) is 0.214. The minimum Gasteiger partial charge on any atom is -0.473 e. The molecule has 0 radical (unpaired) electrons. The Morgan fingerprint density at radius 1 is 1.26 bits per heavy atom. The molecule has 2 aromatic rings. The number of hydrogen-bond donors (Lipinski definition) is 1. The van der Waals surface area contributed by atoms with Crippen LogP contribution in [0.5, 0.6) is 5.88 Å². The van der Waals surface area contributed by atoms with Gasteiger partial charge in [-0.3, -0.25) is 0 Å². The van der Waals surface area contributed by atoms with Gasteiger partial charge in [0.1, 0.15) is 6.61 Å². The van der Waals surface area contributed by atoms with E-state index in [1.807, 2.05) is 31.3 Å². The number of pyridine rings is 1. The van der Waals surface area contributed by atoms with Gasteiger partial charge in [-0.05, 0) is 19.2 Å². The molecule has 0 aliphatic rings. The Balaban J connectivity index is 2.07. The average Bonchev–Trinajstić information content (AvgIpc) is 2.41. The summed E-state index contributed by atoms with van der Waals surface area (Å²) >= 11 is 9.54. The summed E-state index contributed by atoms with van der Waals surface area (Å²) in [5.41, 5.74) is 1.86. The van der Waals surface area contributed by atoms with Crippen LogP contribution in [0.3, 0.4) is 0 Å². The van der Waals surface area contributed by atoms with Gasteiger partial charge in [0.15, 0.2) is 0 Å². The van der Waals surface area contributed by atoms with Crippen LogP contribution in [0.15, 0.2) is 40.9 Å². The fourth-order valence-electron chi connectivity index (χ4n) is 1.60. The van der Waals surface area contributed by atoms with Crippen molar-refractivity contribution in [1.29, 1.82) is 0 Å². The average molecular weight is 342 g/mol. The molecule has 1 N–H and O–H groups in total. The molecule has 19 heavy (non-hydrogen) atoms. The molecule has 1 heterocycles. The molecule has 0 aliphatic heterocycles. The van der Waals surface area contributed by atoms with Gasteiger partial charge in [-0.25, -0.2) is 4.98 Å². The highest BCUT2D eigenvalue weighted by atomic mass is 79.9. The monoisotopic (exact) mass is 340 g/mol. The molecule has 0 saturated heterocycles. The highest BCUT2D eigenvalue weighted by Gasteiger charge is 2.05. The van der Waals surface area contributed by atoms with E-state index in [4.69, 9.17) is 16.3 Å². The molecule has 0 spiro atoms. The molecule has 0 unspecified atom stereocenters. The second kappa shape index (κ2) is 6.89. The molecular formula is C14H14BrClN2O. The number of rotatable bonds is 5. The van der Waals surface area contributed by atoms with E-state index in [9.17, 15) is 0 Å². The standard InChI is InChI=1S/C14H14BrClN2O/c1-17-8-13-12(16)6-7-14(18-13)19-9-10-4-2-3-5-11(10)15/h2-7,17H,8-9H2,1H3. The van der Waals surface area contributed by atoms with Crippen LogP contribution in [-0.4, -0.2) is 12.0 Å². The molecule has 0 aliphatic carbocycles. The Morgan fingerprint density at radius 2 is 2.05 bits per heavy atom. The molecular weight excluding hydrogens is 328 g/mol. The van der Waals surface area contributed by atoms with Gasteiger partial charge in [0.2, 0.25) is 5.88 Å². The summed E-state index contributed by atoms with van der Waals surface area (Å²) in [6.45, 7) is 1.08. The number of nitrogens with one attached hydrogen (secondary N) is 1. The van der Waals surface area contributed by atoms with E-state index in [-0.39, 0.29) is 0 Å². The molecule has 5 heteroatoms. The van der Waals surface area contributed by atoms with Crippen molar-refractivity contribution in [2.45, 2.75) is 13.2 Å². The van der Waals surface area contributed by atoms with Crippen molar-refractivity contribution in [3.63, 3.8) is 0 Å². The SMILES string of the molecule is CNCc1nc(OCc2ccccc2Br)ccc1Cl. The van der Waals surface area contributed by atoms with E-state index >= 15 is 0 Å². The topological polar surface area (TPSA) is 34.2 Å². The van der Waals surface area contributed by atoms with Gasteiger partial charge in [-0.2, -0.15) is 0 Å². The van der Waals surface area contributed by atoms with E-state index in [1.165, 1.54) is 0 Å². The Bertz CT molecular complexity index is 563. The third kappa shape index (κ3) is 3.93. The number of halogens is 2. The van der Waals surface area contributed by atoms with E-state index in [0.717, 1.165) is 15.7 Å². The molecule has 100 valence electrons. The Kier molecular flexibility index (Phi) is 5.19. The smallest absolute Gasteiger partial charge is 0.213 e. The van der Waals surface area contributed by atoms with Crippen molar-refractivity contribution in [2.75, 3.05) is 7.05 Å². The second-order valence-electron chi connectivity index (χ2n) is 3.99. The zero-order chi connectivity index (χ0) is 13.7. The summed E-state index contributed by atoms with van der Waals surface area (Å²) in [5, 5.41) is 3.67. The quantitative estimate of drug-likeness (QED) is 0.898. The van der Waals surface area contributed by atoms with E-state index in [0.29, 0.717) is 24.1 Å². The summed E-state index contributed by atoms with van der Waals surface area (Å²) in [4.78, 5) is 4.37. The molecule has 3 nitrogen and oxygen atoms in total. The van der Waals surface area contributed by atoms with Crippen molar-refractivity contribution in [3.05, 3.63) is 57.2 Å². The summed E-state index contributed by atoms with van der Waals surface area (Å²) in [7, 11) is 1.85. The van der Waals surface area contributed by atoms with Crippen molar-refractivity contribution in [1.82, 2.24) is 10.3 Å². The maximum Gasteiger partial charge on any atom is 0.213 e. The number of nitrogens with zero attached hydrogens (tertiary/aromatic N) is 1. The lowest BCUT2D eigenvalue weighted by molar-refractivity contribution is 0.292. The number of benzene rings is 1. The number of hydrogen-bond acceptors (Lipinski definition) is 3. The summed E-state index contributed by atoms with van der Waals surface area (Å²) in [6.07, 6.45) is 0. The first-order chi connectivity index (χ1) is 9.20. The Labute approximate surface area is 126 Å². The minimum absolute atomic E-state index is 0.467. The fourth-order valence-corrected chi connectivity index (χ4v) is 2.17. The van der Waals surface area contributed by atoms with Crippen LogP contribution in [0.25, 0.3) is 0 Å². The normalized spacial score (nSPS) is 10.5. The van der Waals surface area contributed by atoms with Crippen molar-refractivity contribution >= 4 is 27.5 Å². The first-order valence-electron chi connectivity index (χ1n) is 5.87. The Hall–Kier alpha value is -1.10. The van der Waals surface area contributed by atoms with Crippen molar-refractivity contribution in [3.8, 4) is 5.88 Å². The molecule has 0 fully saturated rings. The summed E-state index contributed by atoms with van der Waals surface area (Å²) < 4.78 is 6.71. The van der Waals surface area contributed by atoms with E-state index < -0.39 is 0 Å². The van der Waals surface area contributed by atoms with Crippen molar-refractivity contribution in [2.24, 2.45) is 0 Å². The van der Waals surface area contributed by atoms with Gasteiger partial charge < -0.3 is 10.1 Å². The highest BCUT2D eigenvalue weighted by Crippen LogP contribution is 2.21. The maximum absolute atomic E-state index is 6.05. The third-order valence-corrected chi connectivity index (χ3v) is 3.69. The van der Waals surface area contributed by atoms with Crippen molar-refractivity contribution < 1.29 is 4.74 Å². The van der Waals surface area contributed by atoms with E-state index in [1.54, 1.807) is 12.1 Å². The summed E-state index contributed by atoms with van der Waals surface area (Å²) in [6, 6.07) is 11.5. The zero-order valence-electron chi connectivity index (χ0n) is 10.5. The second-order valence-corrected chi connectivity index (χ2v) is 5.25. The molecule has 2 rings (SSSR count). The summed E-state index contributed by atoms with van der Waals surface area (Å²) in [5.74, 6) is 0.574. The highest BCUT2D eigenvalue weighted by molar-refractivity contribution is 9.10. The van der Waals surface area contributed by atoms with E-state index in [2.05, 4.69) is 26.2 Å². The maximum atomic E-state index is 6.05. The van der Waals surface area contributed by atoms with Crippen LogP contribution in [0.4, 0.5) is 0 Å². The first kappa shape index (κ1) is 14.3. The minimum atomic E-state index is 0.467. The molecule has 0 bridgehead atoms. The lowest BCUT2D eigenvalue weighted by Gasteiger charge is -2.09. The van der Waals surface area contributed by atoms with Gasteiger partial charge in [0.05, 0.1) is 10.7 Å².